The summed E-state index contributed by atoms with van der Waals surface area (Å²) in [4.78, 5) is 0. The van der Waals surface area contributed by atoms with E-state index < -0.39 is 0 Å². The number of nitrogens with two attached hydrogens (primary N) is 1. The molecule has 2 N–H and O–H groups in total. The number of hydrogen-bond donors (Lipinski definition) is 1. The van der Waals surface area contributed by atoms with Gasteiger partial charge in [0.1, 0.15) is 5.82 Å². The van der Waals surface area contributed by atoms with Crippen LogP contribution >= 0.6 is 23.4 Å². The van der Waals surface area contributed by atoms with Gasteiger partial charge in [-0.1, -0.05) is 11.6 Å². The summed E-state index contributed by atoms with van der Waals surface area (Å²) < 4.78 is 13.2. The third-order valence-corrected chi connectivity index (χ3v) is 2.63. The first-order valence-corrected chi connectivity index (χ1v) is 5.61. The highest BCUT2D eigenvalue weighted by molar-refractivity contribution is 7.98. The zero-order valence-electron chi connectivity index (χ0n) is 7.26. The lowest BCUT2D eigenvalue weighted by molar-refractivity contribution is 0.595. The first-order chi connectivity index (χ1) is 6.15. The van der Waals surface area contributed by atoms with Gasteiger partial charge in [0.2, 0.25) is 0 Å². The fourth-order valence-electron chi connectivity index (χ4n) is 1.07. The lowest BCUT2D eigenvalue weighted by Gasteiger charge is -2.11. The van der Waals surface area contributed by atoms with Crippen molar-refractivity contribution in [1.29, 1.82) is 0 Å². The molecule has 1 aromatic rings. The van der Waals surface area contributed by atoms with E-state index in [1.807, 2.05) is 6.26 Å². The number of rotatable bonds is 3. The fourth-order valence-corrected chi connectivity index (χ4v) is 1.79. The van der Waals surface area contributed by atoms with Crippen molar-refractivity contribution in [3.05, 3.63) is 34.6 Å². The molecule has 0 bridgehead atoms. The molecule has 0 radical (unpaired) electrons. The van der Waals surface area contributed by atoms with E-state index in [-0.39, 0.29) is 11.9 Å². The maximum absolute atomic E-state index is 13.2. The van der Waals surface area contributed by atoms with E-state index >= 15 is 0 Å². The summed E-state index contributed by atoms with van der Waals surface area (Å²) in [5.74, 6) is 0.406. The summed E-state index contributed by atoms with van der Waals surface area (Å²) >= 11 is 7.32. The van der Waals surface area contributed by atoms with Crippen LogP contribution in [-0.4, -0.2) is 12.0 Å². The zero-order chi connectivity index (χ0) is 9.84. The summed E-state index contributed by atoms with van der Waals surface area (Å²) in [6.45, 7) is 0. The van der Waals surface area contributed by atoms with Gasteiger partial charge in [-0.15, -0.1) is 0 Å². The number of halogens is 2. The van der Waals surface area contributed by atoms with E-state index in [1.165, 1.54) is 12.1 Å². The van der Waals surface area contributed by atoms with Gasteiger partial charge in [-0.25, -0.2) is 4.39 Å². The predicted octanol–water partition coefficient (Wildman–Crippen LogP) is 2.84. The van der Waals surface area contributed by atoms with Gasteiger partial charge in [-0.05, 0) is 24.5 Å². The van der Waals surface area contributed by atoms with Gasteiger partial charge < -0.3 is 5.73 Å². The highest BCUT2D eigenvalue weighted by atomic mass is 35.5. The fraction of sp³-hybridized carbons (Fsp3) is 0.333. The van der Waals surface area contributed by atoms with Gasteiger partial charge in [0.25, 0.3) is 0 Å². The molecule has 1 unspecified atom stereocenters. The van der Waals surface area contributed by atoms with Crippen LogP contribution in [0.5, 0.6) is 0 Å². The highest BCUT2D eigenvalue weighted by Gasteiger charge is 2.10. The van der Waals surface area contributed by atoms with Crippen LogP contribution in [-0.2, 0) is 0 Å². The molecule has 0 spiro atoms. The molecule has 0 saturated heterocycles. The van der Waals surface area contributed by atoms with Crippen LogP contribution in [0.25, 0.3) is 0 Å². The van der Waals surface area contributed by atoms with Crippen molar-refractivity contribution in [3.63, 3.8) is 0 Å². The summed E-state index contributed by atoms with van der Waals surface area (Å²) in [5.41, 5.74) is 6.24. The van der Waals surface area contributed by atoms with Crippen molar-refractivity contribution < 1.29 is 4.39 Å². The molecule has 1 aromatic carbocycles. The Morgan fingerprint density at radius 2 is 2.31 bits per heavy atom. The summed E-state index contributed by atoms with van der Waals surface area (Å²) in [6.07, 6.45) is 1.93. The standard InChI is InChI=1S/C9H11ClFNS/c1-13-5-9(12)7-4-6(10)2-3-8(7)11/h2-4,9H,5,12H2,1H3. The molecule has 0 heterocycles. The largest absolute Gasteiger partial charge is 0.323 e. The summed E-state index contributed by atoms with van der Waals surface area (Å²) in [6, 6.07) is 4.16. The molecule has 13 heavy (non-hydrogen) atoms. The van der Waals surface area contributed by atoms with Crippen LogP contribution in [0.3, 0.4) is 0 Å². The third kappa shape index (κ3) is 2.86. The van der Waals surface area contributed by atoms with Crippen molar-refractivity contribution in [3.8, 4) is 0 Å². The Hall–Kier alpha value is -0.250. The molecule has 0 aliphatic carbocycles. The Morgan fingerprint density at radius 3 is 2.92 bits per heavy atom. The van der Waals surface area contributed by atoms with E-state index in [0.717, 1.165) is 0 Å². The first-order valence-electron chi connectivity index (χ1n) is 3.84. The number of benzene rings is 1. The van der Waals surface area contributed by atoms with E-state index in [2.05, 4.69) is 0 Å². The summed E-state index contributed by atoms with van der Waals surface area (Å²) in [7, 11) is 0. The molecule has 0 aliphatic rings. The van der Waals surface area contributed by atoms with Crippen LogP contribution in [0.4, 0.5) is 4.39 Å². The molecule has 0 amide bonds. The van der Waals surface area contributed by atoms with Crippen molar-refractivity contribution in [1.82, 2.24) is 0 Å². The Bertz CT molecular complexity index is 293. The minimum atomic E-state index is -0.286. The van der Waals surface area contributed by atoms with Gasteiger partial charge in [-0.3, -0.25) is 0 Å². The van der Waals surface area contributed by atoms with Gasteiger partial charge >= 0.3 is 0 Å². The molecule has 1 rings (SSSR count). The Kier molecular flexibility index (Phi) is 4.03. The van der Waals surface area contributed by atoms with Crippen LogP contribution in [0.1, 0.15) is 11.6 Å². The Balaban J connectivity index is 2.91. The zero-order valence-corrected chi connectivity index (χ0v) is 8.83. The second kappa shape index (κ2) is 4.84. The van der Waals surface area contributed by atoms with Crippen molar-refractivity contribution in [2.75, 3.05) is 12.0 Å². The Morgan fingerprint density at radius 1 is 1.62 bits per heavy atom. The van der Waals surface area contributed by atoms with E-state index in [4.69, 9.17) is 17.3 Å². The average Bonchev–Trinajstić information content (AvgIpc) is 2.09. The maximum atomic E-state index is 13.2. The van der Waals surface area contributed by atoms with Crippen molar-refractivity contribution in [2.45, 2.75) is 6.04 Å². The SMILES string of the molecule is CSCC(N)c1cc(Cl)ccc1F. The predicted molar refractivity (Wildman–Crippen MR) is 56.7 cm³/mol. The topological polar surface area (TPSA) is 26.0 Å². The van der Waals surface area contributed by atoms with Crippen molar-refractivity contribution >= 4 is 23.4 Å². The summed E-state index contributed by atoms with van der Waals surface area (Å²) in [5, 5.41) is 0.521. The monoisotopic (exact) mass is 219 g/mol. The van der Waals surface area contributed by atoms with Gasteiger partial charge in [0.15, 0.2) is 0 Å². The maximum Gasteiger partial charge on any atom is 0.128 e. The molecule has 1 nitrogen and oxygen atoms in total. The third-order valence-electron chi connectivity index (χ3n) is 1.70. The van der Waals surface area contributed by atoms with E-state index in [1.54, 1.807) is 17.8 Å². The van der Waals surface area contributed by atoms with E-state index in [0.29, 0.717) is 16.3 Å². The lowest BCUT2D eigenvalue weighted by Crippen LogP contribution is -2.14. The molecular weight excluding hydrogens is 209 g/mol. The normalized spacial score (nSPS) is 12.9. The van der Waals surface area contributed by atoms with Crippen LogP contribution in [0.2, 0.25) is 5.02 Å². The molecule has 1 atom stereocenters. The minimum Gasteiger partial charge on any atom is -0.323 e. The molecule has 0 aliphatic heterocycles. The van der Waals surface area contributed by atoms with Crippen LogP contribution in [0.15, 0.2) is 18.2 Å². The van der Waals surface area contributed by atoms with Gasteiger partial charge in [0, 0.05) is 22.4 Å². The quantitative estimate of drug-likeness (QED) is 0.846. The highest BCUT2D eigenvalue weighted by Crippen LogP contribution is 2.21. The average molecular weight is 220 g/mol. The lowest BCUT2D eigenvalue weighted by atomic mass is 10.1. The van der Waals surface area contributed by atoms with E-state index in [9.17, 15) is 4.39 Å². The first kappa shape index (κ1) is 10.8. The number of thioether (sulfide) groups is 1. The molecule has 0 aromatic heterocycles. The van der Waals surface area contributed by atoms with Crippen molar-refractivity contribution in [2.24, 2.45) is 5.73 Å². The number of hydrogen-bond acceptors (Lipinski definition) is 2. The molecule has 4 heteroatoms. The molecule has 72 valence electrons. The molecular formula is C9H11ClFNS. The molecule has 0 fully saturated rings. The second-order valence-electron chi connectivity index (χ2n) is 2.73. The second-order valence-corrected chi connectivity index (χ2v) is 4.07. The van der Waals surface area contributed by atoms with Crippen LogP contribution < -0.4 is 5.73 Å². The van der Waals surface area contributed by atoms with Crippen LogP contribution in [0, 0.1) is 5.82 Å². The smallest absolute Gasteiger partial charge is 0.128 e. The Labute approximate surface area is 86.5 Å². The van der Waals surface area contributed by atoms with Gasteiger partial charge in [-0.2, -0.15) is 11.8 Å². The minimum absolute atomic E-state index is 0.284. The molecule has 0 saturated carbocycles. The van der Waals surface area contributed by atoms with Gasteiger partial charge in [0.05, 0.1) is 0 Å².